The van der Waals surface area contributed by atoms with E-state index in [4.69, 9.17) is 0 Å². The van der Waals surface area contributed by atoms with Gasteiger partial charge in [-0.2, -0.15) is 0 Å². The second-order valence-corrected chi connectivity index (χ2v) is 6.50. The number of hydrogen-bond acceptors (Lipinski definition) is 2. The minimum absolute atomic E-state index is 0.0429. The van der Waals surface area contributed by atoms with Gasteiger partial charge in [-0.25, -0.2) is 4.39 Å². The molecule has 0 spiro atoms. The molecule has 0 radical (unpaired) electrons. The number of carbonyl (C=O) groups excluding carboxylic acids is 2. The van der Waals surface area contributed by atoms with E-state index in [0.717, 1.165) is 16.8 Å². The van der Waals surface area contributed by atoms with E-state index in [1.165, 1.54) is 6.07 Å². The molecule has 0 saturated carbocycles. The minimum atomic E-state index is -0.602. The summed E-state index contributed by atoms with van der Waals surface area (Å²) in [6, 6.07) is 11.9. The number of anilines is 1. The highest BCUT2D eigenvalue weighted by molar-refractivity contribution is 6.05. The summed E-state index contributed by atoms with van der Waals surface area (Å²) in [5.41, 5.74) is 2.36. The molecule has 0 atom stereocenters. The standard InChI is InChI=1S/C19H19FN2O2/c1-19(2)14-9-12(7-8-16(14)22-18(19)24)10-17(23)21-11-13-5-3-4-6-15(13)20/h3-9H,10-11H2,1-2H3,(H,21,23)(H,22,24). The Hall–Kier alpha value is -2.69. The van der Waals surface area contributed by atoms with E-state index in [1.54, 1.807) is 18.2 Å². The number of carbonyl (C=O) groups is 2. The Morgan fingerprint density at radius 3 is 2.71 bits per heavy atom. The quantitative estimate of drug-likeness (QED) is 0.907. The Morgan fingerprint density at radius 1 is 1.21 bits per heavy atom. The lowest BCUT2D eigenvalue weighted by Gasteiger charge is -2.15. The molecular formula is C19H19FN2O2. The molecule has 3 rings (SSSR count). The Kier molecular flexibility index (Phi) is 4.09. The third kappa shape index (κ3) is 3.02. The number of amides is 2. The second kappa shape index (κ2) is 6.07. The van der Waals surface area contributed by atoms with Crippen LogP contribution in [0.1, 0.15) is 30.5 Å². The summed E-state index contributed by atoms with van der Waals surface area (Å²) < 4.78 is 13.5. The smallest absolute Gasteiger partial charge is 0.234 e. The molecule has 4 nitrogen and oxygen atoms in total. The van der Waals surface area contributed by atoms with E-state index in [1.807, 2.05) is 32.0 Å². The number of fused-ring (bicyclic) bond motifs is 1. The summed E-state index contributed by atoms with van der Waals surface area (Å²) in [7, 11) is 0. The van der Waals surface area contributed by atoms with Crippen molar-refractivity contribution in [3.8, 4) is 0 Å². The fraction of sp³-hybridized carbons (Fsp3) is 0.263. The first-order valence-corrected chi connectivity index (χ1v) is 7.83. The molecule has 24 heavy (non-hydrogen) atoms. The summed E-state index contributed by atoms with van der Waals surface area (Å²) in [6.07, 6.45) is 0.187. The lowest BCUT2D eigenvalue weighted by atomic mass is 9.85. The van der Waals surface area contributed by atoms with Gasteiger partial charge in [0.25, 0.3) is 0 Å². The van der Waals surface area contributed by atoms with Gasteiger partial charge in [0, 0.05) is 17.8 Å². The van der Waals surface area contributed by atoms with Crippen molar-refractivity contribution in [3.05, 3.63) is 65.0 Å². The number of nitrogens with one attached hydrogen (secondary N) is 2. The van der Waals surface area contributed by atoms with Gasteiger partial charge in [0.05, 0.1) is 11.8 Å². The van der Waals surface area contributed by atoms with Crippen molar-refractivity contribution < 1.29 is 14.0 Å². The molecule has 2 aromatic carbocycles. The average Bonchev–Trinajstić information content (AvgIpc) is 2.77. The van der Waals surface area contributed by atoms with E-state index in [9.17, 15) is 14.0 Å². The molecular weight excluding hydrogens is 307 g/mol. The maximum Gasteiger partial charge on any atom is 0.234 e. The van der Waals surface area contributed by atoms with Gasteiger partial charge in [-0.05, 0) is 37.1 Å². The van der Waals surface area contributed by atoms with Gasteiger partial charge < -0.3 is 10.6 Å². The molecule has 0 aliphatic carbocycles. The monoisotopic (exact) mass is 326 g/mol. The van der Waals surface area contributed by atoms with Gasteiger partial charge in [0.1, 0.15) is 5.82 Å². The zero-order valence-corrected chi connectivity index (χ0v) is 13.7. The minimum Gasteiger partial charge on any atom is -0.352 e. The van der Waals surface area contributed by atoms with Crippen LogP contribution >= 0.6 is 0 Å². The van der Waals surface area contributed by atoms with Crippen molar-refractivity contribution in [1.29, 1.82) is 0 Å². The predicted molar refractivity (Wildman–Crippen MR) is 90.0 cm³/mol. The molecule has 2 aromatic rings. The van der Waals surface area contributed by atoms with Crippen LogP contribution in [-0.2, 0) is 28.0 Å². The van der Waals surface area contributed by atoms with Crippen LogP contribution in [0.5, 0.6) is 0 Å². The van der Waals surface area contributed by atoms with E-state index < -0.39 is 5.41 Å². The molecule has 2 amide bonds. The lowest BCUT2D eigenvalue weighted by molar-refractivity contribution is -0.121. The molecule has 0 saturated heterocycles. The molecule has 1 aliphatic rings. The molecule has 5 heteroatoms. The van der Waals surface area contributed by atoms with Crippen molar-refractivity contribution in [2.45, 2.75) is 32.2 Å². The summed E-state index contributed by atoms with van der Waals surface area (Å²) in [5.74, 6) is -0.561. The third-order valence-corrected chi connectivity index (χ3v) is 4.37. The van der Waals surface area contributed by atoms with Crippen LogP contribution in [0.2, 0.25) is 0 Å². The summed E-state index contributed by atoms with van der Waals surface area (Å²) in [4.78, 5) is 24.1. The lowest BCUT2D eigenvalue weighted by Crippen LogP contribution is -2.27. The maximum absolute atomic E-state index is 13.5. The van der Waals surface area contributed by atoms with Crippen molar-refractivity contribution in [2.24, 2.45) is 0 Å². The fourth-order valence-corrected chi connectivity index (χ4v) is 2.81. The third-order valence-electron chi connectivity index (χ3n) is 4.37. The molecule has 2 N–H and O–H groups in total. The van der Waals surface area contributed by atoms with Crippen LogP contribution in [0.25, 0.3) is 0 Å². The Morgan fingerprint density at radius 2 is 1.96 bits per heavy atom. The molecule has 0 bridgehead atoms. The first-order chi connectivity index (χ1) is 11.4. The topological polar surface area (TPSA) is 58.2 Å². The maximum atomic E-state index is 13.5. The van der Waals surface area contributed by atoms with E-state index in [2.05, 4.69) is 10.6 Å². The van der Waals surface area contributed by atoms with Crippen LogP contribution in [0.4, 0.5) is 10.1 Å². The molecule has 1 aliphatic heterocycles. The number of rotatable bonds is 4. The van der Waals surface area contributed by atoms with Gasteiger partial charge in [-0.15, -0.1) is 0 Å². The van der Waals surface area contributed by atoms with Gasteiger partial charge >= 0.3 is 0 Å². The highest BCUT2D eigenvalue weighted by atomic mass is 19.1. The van der Waals surface area contributed by atoms with Gasteiger partial charge in [-0.3, -0.25) is 9.59 Å². The first kappa shape index (κ1) is 16.2. The molecule has 0 aromatic heterocycles. The SMILES string of the molecule is CC1(C)C(=O)Nc2ccc(CC(=O)NCc3ccccc3F)cc21. The van der Waals surface area contributed by atoms with Gasteiger partial charge in [0.2, 0.25) is 11.8 Å². The number of halogens is 1. The van der Waals surface area contributed by atoms with Crippen LogP contribution in [0.15, 0.2) is 42.5 Å². The first-order valence-electron chi connectivity index (χ1n) is 7.83. The Balaban J connectivity index is 1.67. The van der Waals surface area contributed by atoms with Crippen LogP contribution in [0, 0.1) is 5.82 Å². The Labute approximate surface area is 140 Å². The number of hydrogen-bond donors (Lipinski definition) is 2. The predicted octanol–water partition coefficient (Wildman–Crippen LogP) is 2.91. The second-order valence-electron chi connectivity index (χ2n) is 6.50. The van der Waals surface area contributed by atoms with Crippen molar-refractivity contribution in [1.82, 2.24) is 5.32 Å². The van der Waals surface area contributed by atoms with Crippen molar-refractivity contribution in [2.75, 3.05) is 5.32 Å². The molecule has 0 unspecified atom stereocenters. The van der Waals surface area contributed by atoms with Crippen LogP contribution in [0.3, 0.4) is 0 Å². The van der Waals surface area contributed by atoms with E-state index in [-0.39, 0.29) is 30.6 Å². The summed E-state index contributed by atoms with van der Waals surface area (Å²) in [6.45, 7) is 3.87. The van der Waals surface area contributed by atoms with Crippen molar-refractivity contribution >= 4 is 17.5 Å². The largest absolute Gasteiger partial charge is 0.352 e. The molecule has 124 valence electrons. The Bertz CT molecular complexity index is 815. The molecule has 0 fully saturated rings. The number of benzene rings is 2. The fourth-order valence-electron chi connectivity index (χ4n) is 2.81. The normalized spacial score (nSPS) is 14.9. The summed E-state index contributed by atoms with van der Waals surface area (Å²) >= 11 is 0. The van der Waals surface area contributed by atoms with Gasteiger partial charge in [0.15, 0.2) is 0 Å². The summed E-state index contributed by atoms with van der Waals surface area (Å²) in [5, 5.41) is 5.56. The highest BCUT2D eigenvalue weighted by Crippen LogP contribution is 2.37. The van der Waals surface area contributed by atoms with Crippen LogP contribution < -0.4 is 10.6 Å². The van der Waals surface area contributed by atoms with Gasteiger partial charge in [-0.1, -0.05) is 30.3 Å². The van der Waals surface area contributed by atoms with Crippen molar-refractivity contribution in [3.63, 3.8) is 0 Å². The highest BCUT2D eigenvalue weighted by Gasteiger charge is 2.38. The molecule has 1 heterocycles. The van der Waals surface area contributed by atoms with E-state index >= 15 is 0 Å². The van der Waals surface area contributed by atoms with E-state index in [0.29, 0.717) is 5.56 Å². The average molecular weight is 326 g/mol. The zero-order chi connectivity index (χ0) is 17.3. The zero-order valence-electron chi connectivity index (χ0n) is 13.7. The van der Waals surface area contributed by atoms with Crippen LogP contribution in [-0.4, -0.2) is 11.8 Å².